The molecule has 6 rings (SSSR count). The van der Waals surface area contributed by atoms with E-state index in [1.807, 2.05) is 67.6 Å². The van der Waals surface area contributed by atoms with Crippen LogP contribution in [0.1, 0.15) is 48.3 Å². The number of fused-ring (bicyclic) bond motifs is 8. The van der Waals surface area contributed by atoms with Crippen molar-refractivity contribution in [1.29, 1.82) is 0 Å². The number of aromatic nitrogens is 4. The zero-order chi connectivity index (χ0) is 25.5. The molecule has 2 N–H and O–H groups in total. The van der Waals surface area contributed by atoms with Crippen LogP contribution in [0.5, 0.6) is 0 Å². The Balaban J connectivity index is 1.49. The summed E-state index contributed by atoms with van der Waals surface area (Å²) in [4.78, 5) is 16.0. The van der Waals surface area contributed by atoms with E-state index >= 15 is 0 Å². The number of halogens is 2. The summed E-state index contributed by atoms with van der Waals surface area (Å²) in [5.74, 6) is -1.32. The second-order valence-corrected chi connectivity index (χ2v) is 8.76. The summed E-state index contributed by atoms with van der Waals surface area (Å²) < 4.78 is 42.1. The number of nitrogens with one attached hydrogen (secondary N) is 2. The van der Waals surface area contributed by atoms with E-state index in [4.69, 9.17) is 6.11 Å². The molecule has 1 unspecified atom stereocenters. The van der Waals surface area contributed by atoms with Gasteiger partial charge in [-0.3, -0.25) is 0 Å². The van der Waals surface area contributed by atoms with Gasteiger partial charge in [0.2, 0.25) is 0 Å². The number of aromatic amines is 2. The van der Waals surface area contributed by atoms with E-state index < -0.39 is 17.7 Å². The molecule has 0 radical (unpaired) electrons. The predicted octanol–water partition coefficient (Wildman–Crippen LogP) is 7.21. The second kappa shape index (κ2) is 9.02. The molecule has 4 aromatic rings. The summed E-state index contributed by atoms with van der Waals surface area (Å²) in [6.07, 6.45) is 7.17. The first-order valence-corrected chi connectivity index (χ1v) is 11.5. The van der Waals surface area contributed by atoms with Crippen LogP contribution >= 0.6 is 0 Å². The van der Waals surface area contributed by atoms with E-state index in [0.29, 0.717) is 27.9 Å². The lowest BCUT2D eigenvalue weighted by Crippen LogP contribution is -2.01. The minimum Gasteiger partial charge on any atom is -0.369 e. The van der Waals surface area contributed by atoms with Gasteiger partial charge in [-0.25, -0.2) is 18.7 Å². The van der Waals surface area contributed by atoms with Crippen molar-refractivity contribution in [3.05, 3.63) is 106 Å². The average Bonchev–Trinajstić information content (AvgIpc) is 3.63. The maximum atomic E-state index is 13.6. The van der Waals surface area contributed by atoms with Gasteiger partial charge in [0.25, 0.3) is 0 Å². The Morgan fingerprint density at radius 1 is 0.778 bits per heavy atom. The first-order valence-electron chi connectivity index (χ1n) is 12.0. The summed E-state index contributed by atoms with van der Waals surface area (Å²) in [6, 6.07) is 15.1. The minimum atomic E-state index is -0.658. The normalized spacial score (nSPS) is 13.7. The third-order valence-electron chi connectivity index (χ3n) is 5.95. The number of rotatable bonds is 4. The van der Waals surface area contributed by atoms with Crippen LogP contribution in [0.15, 0.2) is 60.6 Å². The Bertz CT molecular complexity index is 1730. The number of ether oxygens (including phenoxy) is 1. The van der Waals surface area contributed by atoms with Crippen molar-refractivity contribution in [3.63, 3.8) is 0 Å². The highest BCUT2D eigenvalue weighted by molar-refractivity contribution is 5.78. The van der Waals surface area contributed by atoms with Gasteiger partial charge in [-0.05, 0) is 91.4 Å². The minimum absolute atomic E-state index is 0.00300. The Hall–Kier alpha value is -4.36. The van der Waals surface area contributed by atoms with E-state index in [0.717, 1.165) is 34.2 Å². The monoisotopic (exact) mass is 481 g/mol. The van der Waals surface area contributed by atoms with E-state index in [9.17, 15) is 8.78 Å². The predicted molar refractivity (Wildman–Crippen MR) is 138 cm³/mol. The quantitative estimate of drug-likeness (QED) is 0.280. The fraction of sp³-hybridized carbons (Fsp3) is 0.103. The molecule has 0 saturated heterocycles. The van der Waals surface area contributed by atoms with E-state index in [1.165, 1.54) is 12.1 Å². The van der Waals surface area contributed by atoms with Gasteiger partial charge in [0, 0.05) is 33.7 Å². The average molecular weight is 482 g/mol. The van der Waals surface area contributed by atoms with Gasteiger partial charge in [-0.1, -0.05) is 0 Å². The van der Waals surface area contributed by atoms with Gasteiger partial charge >= 0.3 is 0 Å². The number of hydrogen-bond donors (Lipinski definition) is 2. The summed E-state index contributed by atoms with van der Waals surface area (Å²) >= 11 is 0. The van der Waals surface area contributed by atoms with Crippen molar-refractivity contribution in [2.75, 3.05) is 0 Å². The molecule has 3 aromatic heterocycles. The largest absolute Gasteiger partial charge is 0.369 e. The number of nitrogens with zero attached hydrogens (tertiary/aromatic N) is 2. The van der Waals surface area contributed by atoms with Crippen molar-refractivity contribution >= 4 is 46.4 Å². The summed E-state index contributed by atoms with van der Waals surface area (Å²) in [5.41, 5.74) is 7.13. The molecule has 178 valence electrons. The Labute approximate surface area is 207 Å². The lowest BCUT2D eigenvalue weighted by Gasteiger charge is -2.12. The Morgan fingerprint density at radius 3 is 2.08 bits per heavy atom. The van der Waals surface area contributed by atoms with Crippen molar-refractivity contribution in [2.45, 2.75) is 19.6 Å². The van der Waals surface area contributed by atoms with Crippen LogP contribution in [0, 0.1) is 11.6 Å². The van der Waals surface area contributed by atoms with Crippen molar-refractivity contribution < 1.29 is 14.9 Å². The molecule has 5 nitrogen and oxygen atoms in total. The summed E-state index contributed by atoms with van der Waals surface area (Å²) in [5, 5.41) is 0. The highest BCUT2D eigenvalue weighted by Gasteiger charge is 2.13. The zero-order valence-corrected chi connectivity index (χ0v) is 19.3. The molecule has 2 aliphatic rings. The molecule has 7 heteroatoms. The molecule has 36 heavy (non-hydrogen) atoms. The maximum absolute atomic E-state index is 13.6. The molecule has 2 aliphatic heterocycles. The first-order chi connectivity index (χ1) is 17.9. The smallest absolute Gasteiger partial charge is 0.126 e. The van der Waals surface area contributed by atoms with Crippen LogP contribution in [0.25, 0.3) is 46.4 Å². The molecule has 0 spiro atoms. The Kier molecular flexibility index (Phi) is 5.25. The van der Waals surface area contributed by atoms with Crippen LogP contribution < -0.4 is 0 Å². The number of hydrogen-bond acceptors (Lipinski definition) is 3. The molecule has 1 aromatic carbocycles. The van der Waals surface area contributed by atoms with Crippen LogP contribution in [0.3, 0.4) is 0 Å². The molecule has 1 atom stereocenters. The molecular weight excluding hydrogens is 458 g/mol. The Morgan fingerprint density at radius 2 is 1.39 bits per heavy atom. The van der Waals surface area contributed by atoms with Gasteiger partial charge in [-0.2, -0.15) is 0 Å². The number of H-pyrrole nitrogens is 2. The van der Waals surface area contributed by atoms with Gasteiger partial charge < -0.3 is 14.7 Å². The van der Waals surface area contributed by atoms with Gasteiger partial charge in [-0.15, -0.1) is 0 Å². The molecule has 0 amide bonds. The first kappa shape index (κ1) is 21.0. The summed E-state index contributed by atoms with van der Waals surface area (Å²) in [7, 11) is 0. The van der Waals surface area contributed by atoms with E-state index in [1.54, 1.807) is 0 Å². The zero-order valence-electron chi connectivity index (χ0n) is 20.3. The lowest BCUT2D eigenvalue weighted by atomic mass is 10.1. The molecule has 0 fully saturated rings. The molecular formula is C29H22F2N4O. The standard InChI is InChI=1S/C29H22F2N4O/c1-17(36-16-18-8-19(30)10-20(31)9-18)28-14-27-13-25-5-4-23(33-25)11-21-2-3-22(32-21)12-24-6-7-26(34-24)15-29(28)35-27/h2-15,17,33,35H,16H2,1H3/i14D. The fourth-order valence-corrected chi connectivity index (χ4v) is 4.28. The third-order valence-corrected chi connectivity index (χ3v) is 5.95. The topological polar surface area (TPSA) is 66.6 Å². The summed E-state index contributed by atoms with van der Waals surface area (Å²) in [6.45, 7) is 1.81. The van der Waals surface area contributed by atoms with Crippen molar-refractivity contribution in [2.24, 2.45) is 0 Å². The van der Waals surface area contributed by atoms with E-state index in [2.05, 4.69) is 19.9 Å². The molecule has 0 saturated carbocycles. The van der Waals surface area contributed by atoms with Crippen LogP contribution in [-0.4, -0.2) is 19.9 Å². The molecule has 8 bridgehead atoms. The lowest BCUT2D eigenvalue weighted by molar-refractivity contribution is 0.0533. The molecule has 0 aliphatic carbocycles. The fourth-order valence-electron chi connectivity index (χ4n) is 4.28. The van der Waals surface area contributed by atoms with Crippen LogP contribution in [0.4, 0.5) is 8.78 Å². The highest BCUT2D eigenvalue weighted by atomic mass is 19.1. The maximum Gasteiger partial charge on any atom is 0.126 e. The van der Waals surface area contributed by atoms with Crippen LogP contribution in [0.2, 0.25) is 0 Å². The highest BCUT2D eigenvalue weighted by Crippen LogP contribution is 2.27. The van der Waals surface area contributed by atoms with Crippen LogP contribution in [-0.2, 0) is 11.3 Å². The van der Waals surface area contributed by atoms with Crippen molar-refractivity contribution in [1.82, 2.24) is 19.9 Å². The second-order valence-electron chi connectivity index (χ2n) is 8.76. The third kappa shape index (κ3) is 4.74. The van der Waals surface area contributed by atoms with Gasteiger partial charge in [0.15, 0.2) is 0 Å². The van der Waals surface area contributed by atoms with Crippen molar-refractivity contribution in [3.8, 4) is 0 Å². The van der Waals surface area contributed by atoms with E-state index in [-0.39, 0.29) is 12.6 Å². The van der Waals surface area contributed by atoms with Gasteiger partial charge in [0.1, 0.15) is 11.6 Å². The number of benzene rings is 1. The van der Waals surface area contributed by atoms with Gasteiger partial charge in [0.05, 0.1) is 36.9 Å². The molecule has 5 heterocycles. The SMILES string of the molecule is [2H]c1c(C(C)OCc2cc(F)cc(F)c2)c2cc3nc(cc4nc(cc5ccc(cc1[nH]2)[nH]5)C=C4)C=C3.